The van der Waals surface area contributed by atoms with E-state index < -0.39 is 5.97 Å². The minimum absolute atomic E-state index is 0.299. The molecule has 16 heavy (non-hydrogen) atoms. The highest BCUT2D eigenvalue weighted by Crippen LogP contribution is 2.14. The van der Waals surface area contributed by atoms with Crippen molar-refractivity contribution in [3.63, 3.8) is 0 Å². The number of aromatic nitrogens is 2. The maximum Gasteiger partial charge on any atom is 0.369 e. The SMILES string of the molecule is COC(=O)c1nnc(Cc2ccccc2)s1. The summed E-state index contributed by atoms with van der Waals surface area (Å²) in [6, 6.07) is 9.93. The van der Waals surface area contributed by atoms with Crippen LogP contribution in [-0.4, -0.2) is 23.3 Å². The molecule has 0 aliphatic rings. The van der Waals surface area contributed by atoms with Crippen LogP contribution in [0.25, 0.3) is 0 Å². The number of methoxy groups -OCH3 is 1. The predicted molar refractivity (Wildman–Crippen MR) is 60.5 cm³/mol. The molecule has 1 heterocycles. The van der Waals surface area contributed by atoms with E-state index in [1.165, 1.54) is 18.4 Å². The van der Waals surface area contributed by atoms with Gasteiger partial charge in [0.1, 0.15) is 5.01 Å². The summed E-state index contributed by atoms with van der Waals surface area (Å²) >= 11 is 1.26. The van der Waals surface area contributed by atoms with Crippen molar-refractivity contribution in [1.82, 2.24) is 10.2 Å². The van der Waals surface area contributed by atoms with Gasteiger partial charge in [-0.1, -0.05) is 41.7 Å². The molecule has 0 unspecified atom stereocenters. The van der Waals surface area contributed by atoms with Crippen molar-refractivity contribution in [3.05, 3.63) is 45.9 Å². The zero-order chi connectivity index (χ0) is 11.4. The quantitative estimate of drug-likeness (QED) is 0.761. The van der Waals surface area contributed by atoms with Crippen molar-refractivity contribution >= 4 is 17.3 Å². The van der Waals surface area contributed by atoms with Gasteiger partial charge >= 0.3 is 5.97 Å². The van der Waals surface area contributed by atoms with E-state index in [0.29, 0.717) is 11.4 Å². The molecule has 1 aromatic carbocycles. The fraction of sp³-hybridized carbons (Fsp3) is 0.182. The third-order valence-electron chi connectivity index (χ3n) is 2.03. The third kappa shape index (κ3) is 2.43. The van der Waals surface area contributed by atoms with Crippen molar-refractivity contribution in [2.75, 3.05) is 7.11 Å². The van der Waals surface area contributed by atoms with Gasteiger partial charge in [-0.25, -0.2) is 4.79 Å². The lowest BCUT2D eigenvalue weighted by Gasteiger charge is -1.94. The van der Waals surface area contributed by atoms with Gasteiger partial charge in [-0.15, -0.1) is 10.2 Å². The predicted octanol–water partition coefficient (Wildman–Crippen LogP) is 1.92. The second kappa shape index (κ2) is 4.85. The summed E-state index contributed by atoms with van der Waals surface area (Å²) in [5.41, 5.74) is 1.15. The molecule has 0 aliphatic heterocycles. The summed E-state index contributed by atoms with van der Waals surface area (Å²) in [7, 11) is 1.33. The molecule has 0 radical (unpaired) electrons. The smallest absolute Gasteiger partial charge is 0.369 e. The molecular weight excluding hydrogens is 224 g/mol. The Balaban J connectivity index is 2.12. The Hall–Kier alpha value is -1.75. The van der Waals surface area contributed by atoms with Crippen LogP contribution in [0.15, 0.2) is 30.3 Å². The second-order valence-electron chi connectivity index (χ2n) is 3.15. The van der Waals surface area contributed by atoms with E-state index in [9.17, 15) is 4.79 Å². The molecule has 0 atom stereocenters. The van der Waals surface area contributed by atoms with E-state index in [2.05, 4.69) is 14.9 Å². The maximum atomic E-state index is 11.2. The molecule has 5 heteroatoms. The van der Waals surface area contributed by atoms with Crippen molar-refractivity contribution in [1.29, 1.82) is 0 Å². The normalized spacial score (nSPS) is 10.1. The largest absolute Gasteiger partial charge is 0.464 e. The topological polar surface area (TPSA) is 52.1 Å². The van der Waals surface area contributed by atoms with Gasteiger partial charge in [-0.3, -0.25) is 0 Å². The van der Waals surface area contributed by atoms with Crippen LogP contribution in [-0.2, 0) is 11.2 Å². The highest BCUT2D eigenvalue weighted by atomic mass is 32.1. The number of hydrogen-bond acceptors (Lipinski definition) is 5. The molecule has 0 saturated carbocycles. The first-order valence-electron chi connectivity index (χ1n) is 4.74. The Kier molecular flexibility index (Phi) is 3.26. The first-order valence-corrected chi connectivity index (χ1v) is 5.56. The number of esters is 1. The highest BCUT2D eigenvalue weighted by Gasteiger charge is 2.12. The standard InChI is InChI=1S/C11H10N2O2S/c1-15-11(14)10-13-12-9(16-10)7-8-5-3-2-4-6-8/h2-6H,7H2,1H3. The maximum absolute atomic E-state index is 11.2. The van der Waals surface area contributed by atoms with Gasteiger partial charge in [0.05, 0.1) is 7.11 Å². The molecule has 82 valence electrons. The van der Waals surface area contributed by atoms with Crippen molar-refractivity contribution in [3.8, 4) is 0 Å². The lowest BCUT2D eigenvalue weighted by molar-refractivity contribution is 0.0599. The van der Waals surface area contributed by atoms with Gasteiger partial charge in [0.25, 0.3) is 0 Å². The lowest BCUT2D eigenvalue weighted by atomic mass is 10.2. The third-order valence-corrected chi connectivity index (χ3v) is 2.93. The lowest BCUT2D eigenvalue weighted by Crippen LogP contribution is -1.99. The molecule has 0 fully saturated rings. The van der Waals surface area contributed by atoms with Crippen LogP contribution in [0.1, 0.15) is 20.4 Å². The summed E-state index contributed by atoms with van der Waals surface area (Å²) < 4.78 is 4.57. The fourth-order valence-corrected chi connectivity index (χ4v) is 2.06. The first kappa shape index (κ1) is 10.8. The highest BCUT2D eigenvalue weighted by molar-refractivity contribution is 7.13. The van der Waals surface area contributed by atoms with E-state index in [-0.39, 0.29) is 0 Å². The number of hydrogen-bond donors (Lipinski definition) is 0. The summed E-state index contributed by atoms with van der Waals surface area (Å²) in [5, 5.41) is 8.84. The Morgan fingerprint density at radius 1 is 1.31 bits per heavy atom. The van der Waals surface area contributed by atoms with Gasteiger partial charge in [-0.05, 0) is 5.56 Å². The zero-order valence-electron chi connectivity index (χ0n) is 8.71. The molecule has 2 rings (SSSR count). The van der Waals surface area contributed by atoms with E-state index >= 15 is 0 Å². The number of ether oxygens (including phenoxy) is 1. The molecule has 0 N–H and O–H groups in total. The van der Waals surface area contributed by atoms with Crippen molar-refractivity contribution < 1.29 is 9.53 Å². The van der Waals surface area contributed by atoms with Gasteiger partial charge in [0, 0.05) is 6.42 Å². The Bertz CT molecular complexity index is 482. The van der Waals surface area contributed by atoms with Crippen molar-refractivity contribution in [2.24, 2.45) is 0 Å². The molecule has 0 amide bonds. The van der Waals surface area contributed by atoms with Gasteiger partial charge in [-0.2, -0.15) is 0 Å². The Morgan fingerprint density at radius 3 is 2.75 bits per heavy atom. The van der Waals surface area contributed by atoms with E-state index in [4.69, 9.17) is 0 Å². The van der Waals surface area contributed by atoms with Gasteiger partial charge in [0.2, 0.25) is 5.01 Å². The molecule has 0 saturated heterocycles. The molecule has 0 spiro atoms. The van der Waals surface area contributed by atoms with Gasteiger partial charge in [0.15, 0.2) is 0 Å². The van der Waals surface area contributed by atoms with Crippen LogP contribution in [0.4, 0.5) is 0 Å². The Morgan fingerprint density at radius 2 is 2.06 bits per heavy atom. The summed E-state index contributed by atoms with van der Waals surface area (Å²) in [6.45, 7) is 0. The first-order chi connectivity index (χ1) is 7.79. The monoisotopic (exact) mass is 234 g/mol. The number of rotatable bonds is 3. The van der Waals surface area contributed by atoms with Crippen LogP contribution in [0.3, 0.4) is 0 Å². The molecule has 2 aromatic rings. The number of benzene rings is 1. The zero-order valence-corrected chi connectivity index (χ0v) is 9.53. The molecular formula is C11H10N2O2S. The number of carbonyl (C=O) groups is 1. The molecule has 4 nitrogen and oxygen atoms in total. The molecule has 0 bridgehead atoms. The van der Waals surface area contributed by atoms with E-state index in [0.717, 1.165) is 10.6 Å². The second-order valence-corrected chi connectivity index (χ2v) is 4.22. The summed E-state index contributed by atoms with van der Waals surface area (Å²) in [6.07, 6.45) is 0.690. The average molecular weight is 234 g/mol. The van der Waals surface area contributed by atoms with Crippen molar-refractivity contribution in [2.45, 2.75) is 6.42 Å². The Labute approximate surface area is 96.9 Å². The number of nitrogens with zero attached hydrogens (tertiary/aromatic N) is 2. The van der Waals surface area contributed by atoms with Crippen LogP contribution in [0.2, 0.25) is 0 Å². The van der Waals surface area contributed by atoms with E-state index in [1.807, 2.05) is 30.3 Å². The average Bonchev–Trinajstić information content (AvgIpc) is 2.78. The number of carbonyl (C=O) groups excluding carboxylic acids is 1. The van der Waals surface area contributed by atoms with Crippen LogP contribution >= 0.6 is 11.3 Å². The van der Waals surface area contributed by atoms with E-state index in [1.54, 1.807) is 0 Å². The summed E-state index contributed by atoms with van der Waals surface area (Å²) in [5.74, 6) is -0.434. The molecule has 0 aliphatic carbocycles. The summed E-state index contributed by atoms with van der Waals surface area (Å²) in [4.78, 5) is 11.2. The van der Waals surface area contributed by atoms with Crippen LogP contribution in [0.5, 0.6) is 0 Å². The van der Waals surface area contributed by atoms with Crippen LogP contribution in [0, 0.1) is 0 Å². The fourth-order valence-electron chi connectivity index (χ4n) is 1.27. The molecule has 1 aromatic heterocycles. The minimum Gasteiger partial charge on any atom is -0.464 e. The van der Waals surface area contributed by atoms with Crippen LogP contribution < -0.4 is 0 Å². The van der Waals surface area contributed by atoms with Gasteiger partial charge < -0.3 is 4.74 Å². The minimum atomic E-state index is -0.434.